The Morgan fingerprint density at radius 1 is 1.04 bits per heavy atom. The Balaban J connectivity index is 1.77. The first-order chi connectivity index (χ1) is 12.6. The summed E-state index contributed by atoms with van der Waals surface area (Å²) in [6, 6.07) is 14.2. The summed E-state index contributed by atoms with van der Waals surface area (Å²) in [5.41, 5.74) is 1.04. The number of nitrogens with zero attached hydrogens (tertiary/aromatic N) is 2. The van der Waals surface area contributed by atoms with Gasteiger partial charge in [-0.3, -0.25) is 0 Å². The van der Waals surface area contributed by atoms with Gasteiger partial charge in [0, 0.05) is 5.56 Å². The molecule has 1 atom stereocenters. The maximum absolute atomic E-state index is 12.5. The van der Waals surface area contributed by atoms with Gasteiger partial charge in [0.05, 0.1) is 14.2 Å². The van der Waals surface area contributed by atoms with E-state index in [1.54, 1.807) is 25.1 Å². The lowest BCUT2D eigenvalue weighted by atomic mass is 10.2. The minimum Gasteiger partial charge on any atom is -0.497 e. The minimum absolute atomic E-state index is 0.207. The lowest BCUT2D eigenvalue weighted by Gasteiger charge is -2.12. The zero-order chi connectivity index (χ0) is 18.5. The fourth-order valence-electron chi connectivity index (χ4n) is 2.34. The van der Waals surface area contributed by atoms with Crippen LogP contribution in [0.5, 0.6) is 11.5 Å². The zero-order valence-corrected chi connectivity index (χ0v) is 14.6. The number of aromatic nitrogens is 2. The smallest absolute Gasteiger partial charge is 0.342 e. The van der Waals surface area contributed by atoms with Crippen molar-refractivity contribution in [3.05, 3.63) is 60.0 Å². The van der Waals surface area contributed by atoms with Crippen molar-refractivity contribution in [3.8, 4) is 23.0 Å². The Hall–Kier alpha value is -3.35. The topological polar surface area (TPSA) is 83.7 Å². The lowest BCUT2D eigenvalue weighted by molar-refractivity contribution is 0.0276. The molecule has 26 heavy (non-hydrogen) atoms. The second-order valence-corrected chi connectivity index (χ2v) is 5.43. The van der Waals surface area contributed by atoms with Gasteiger partial charge >= 0.3 is 5.97 Å². The highest BCUT2D eigenvalue weighted by Crippen LogP contribution is 2.27. The van der Waals surface area contributed by atoms with Gasteiger partial charge in [0.25, 0.3) is 5.89 Å². The second kappa shape index (κ2) is 7.69. The molecule has 3 rings (SSSR count). The number of carbonyl (C=O) groups excluding carboxylic acids is 1. The molecule has 0 bridgehead atoms. The predicted octanol–water partition coefficient (Wildman–Crippen LogP) is 3.67. The van der Waals surface area contributed by atoms with Crippen molar-refractivity contribution in [2.75, 3.05) is 14.2 Å². The normalized spacial score (nSPS) is 11.7. The summed E-state index contributed by atoms with van der Waals surface area (Å²) >= 11 is 0. The van der Waals surface area contributed by atoms with E-state index in [4.69, 9.17) is 18.6 Å². The average molecular weight is 354 g/mol. The first kappa shape index (κ1) is 17.5. The number of methoxy groups -OCH3 is 2. The number of ether oxygens (including phenoxy) is 3. The molecule has 0 saturated heterocycles. The maximum atomic E-state index is 12.5. The van der Waals surface area contributed by atoms with Crippen molar-refractivity contribution in [1.29, 1.82) is 0 Å². The van der Waals surface area contributed by atoms with E-state index in [2.05, 4.69) is 10.2 Å². The molecule has 0 aliphatic heterocycles. The molecule has 0 radical (unpaired) electrons. The summed E-state index contributed by atoms with van der Waals surface area (Å²) in [5, 5.41) is 7.96. The van der Waals surface area contributed by atoms with Crippen LogP contribution in [0.1, 0.15) is 29.3 Å². The summed E-state index contributed by atoms with van der Waals surface area (Å²) in [7, 11) is 3.00. The SMILES string of the molecule is COc1ccc(OC)c(C(=O)O[C@@H](C)c2nnc(-c3ccccc3)o2)c1. The molecule has 0 aliphatic rings. The number of benzene rings is 2. The summed E-state index contributed by atoms with van der Waals surface area (Å²) in [5.74, 6) is 0.905. The van der Waals surface area contributed by atoms with Crippen LogP contribution in [0.25, 0.3) is 11.5 Å². The van der Waals surface area contributed by atoms with Gasteiger partial charge < -0.3 is 18.6 Å². The van der Waals surface area contributed by atoms with Crippen molar-refractivity contribution in [2.45, 2.75) is 13.0 Å². The molecule has 1 aromatic heterocycles. The van der Waals surface area contributed by atoms with Crippen molar-refractivity contribution in [3.63, 3.8) is 0 Å². The van der Waals surface area contributed by atoms with Gasteiger partial charge in [-0.05, 0) is 37.3 Å². The highest BCUT2D eigenvalue weighted by Gasteiger charge is 2.22. The van der Waals surface area contributed by atoms with Gasteiger partial charge in [-0.15, -0.1) is 10.2 Å². The van der Waals surface area contributed by atoms with E-state index in [1.165, 1.54) is 14.2 Å². The molecule has 2 aromatic carbocycles. The van der Waals surface area contributed by atoms with Crippen molar-refractivity contribution in [2.24, 2.45) is 0 Å². The Kier molecular flexibility index (Phi) is 5.17. The zero-order valence-electron chi connectivity index (χ0n) is 14.6. The van der Waals surface area contributed by atoms with Gasteiger partial charge in [0.2, 0.25) is 5.89 Å². The van der Waals surface area contributed by atoms with E-state index in [0.29, 0.717) is 17.4 Å². The van der Waals surface area contributed by atoms with E-state index >= 15 is 0 Å². The van der Waals surface area contributed by atoms with E-state index in [-0.39, 0.29) is 11.5 Å². The third-order valence-corrected chi connectivity index (χ3v) is 3.72. The quantitative estimate of drug-likeness (QED) is 0.624. The molecule has 7 heteroatoms. The minimum atomic E-state index is -0.719. The van der Waals surface area contributed by atoms with E-state index in [9.17, 15) is 4.79 Å². The Labute approximate surface area is 150 Å². The largest absolute Gasteiger partial charge is 0.497 e. The molecule has 0 aliphatic carbocycles. The lowest BCUT2D eigenvalue weighted by Crippen LogP contribution is -2.11. The molecule has 0 unspecified atom stereocenters. The second-order valence-electron chi connectivity index (χ2n) is 5.43. The van der Waals surface area contributed by atoms with Crippen molar-refractivity contribution in [1.82, 2.24) is 10.2 Å². The standard InChI is InChI=1S/C19H18N2O5/c1-12(17-20-21-18(26-17)13-7-5-4-6-8-13)25-19(22)15-11-14(23-2)9-10-16(15)24-3/h4-12H,1-3H3/t12-/m0/s1. The monoisotopic (exact) mass is 354 g/mol. The molecule has 1 heterocycles. The van der Waals surface area contributed by atoms with Gasteiger partial charge in [0.15, 0.2) is 6.10 Å². The van der Waals surface area contributed by atoms with Crippen LogP contribution in [0.2, 0.25) is 0 Å². The molecule has 0 fully saturated rings. The summed E-state index contributed by atoms with van der Waals surface area (Å²) < 4.78 is 21.4. The van der Waals surface area contributed by atoms with Gasteiger partial charge in [-0.2, -0.15) is 0 Å². The predicted molar refractivity (Wildman–Crippen MR) is 93.1 cm³/mol. The molecule has 0 spiro atoms. The van der Waals surface area contributed by atoms with Crippen LogP contribution in [0, 0.1) is 0 Å². The van der Waals surface area contributed by atoms with Crippen LogP contribution < -0.4 is 9.47 Å². The Morgan fingerprint density at radius 2 is 1.81 bits per heavy atom. The van der Waals surface area contributed by atoms with E-state index in [1.807, 2.05) is 30.3 Å². The average Bonchev–Trinajstić information content (AvgIpc) is 3.18. The van der Waals surface area contributed by atoms with E-state index in [0.717, 1.165) is 5.56 Å². The number of esters is 1. The van der Waals surface area contributed by atoms with E-state index < -0.39 is 12.1 Å². The number of hydrogen-bond donors (Lipinski definition) is 0. The molecular formula is C19H18N2O5. The summed E-state index contributed by atoms with van der Waals surface area (Å²) in [6.07, 6.45) is -0.719. The van der Waals surface area contributed by atoms with Crippen LogP contribution in [-0.2, 0) is 4.74 Å². The Morgan fingerprint density at radius 3 is 2.50 bits per heavy atom. The summed E-state index contributed by atoms with van der Waals surface area (Å²) in [6.45, 7) is 1.66. The Bertz CT molecular complexity index is 892. The molecule has 134 valence electrons. The van der Waals surface area contributed by atoms with Crippen molar-refractivity contribution < 1.29 is 23.4 Å². The van der Waals surface area contributed by atoms with Crippen LogP contribution in [-0.4, -0.2) is 30.4 Å². The van der Waals surface area contributed by atoms with Crippen LogP contribution in [0.15, 0.2) is 52.9 Å². The van der Waals surface area contributed by atoms with Crippen LogP contribution in [0.3, 0.4) is 0 Å². The number of hydrogen-bond acceptors (Lipinski definition) is 7. The van der Waals surface area contributed by atoms with Crippen LogP contribution in [0.4, 0.5) is 0 Å². The molecule has 0 amide bonds. The molecule has 0 N–H and O–H groups in total. The van der Waals surface area contributed by atoms with Gasteiger partial charge in [-0.1, -0.05) is 18.2 Å². The first-order valence-corrected chi connectivity index (χ1v) is 7.94. The summed E-state index contributed by atoms with van der Waals surface area (Å²) in [4.78, 5) is 12.5. The third kappa shape index (κ3) is 3.66. The number of rotatable bonds is 6. The molecular weight excluding hydrogens is 336 g/mol. The van der Waals surface area contributed by atoms with Gasteiger partial charge in [-0.25, -0.2) is 4.79 Å². The third-order valence-electron chi connectivity index (χ3n) is 3.72. The van der Waals surface area contributed by atoms with Gasteiger partial charge in [0.1, 0.15) is 17.1 Å². The molecule has 3 aromatic rings. The molecule has 7 nitrogen and oxygen atoms in total. The fourth-order valence-corrected chi connectivity index (χ4v) is 2.34. The maximum Gasteiger partial charge on any atom is 0.342 e. The van der Waals surface area contributed by atoms with Crippen LogP contribution >= 0.6 is 0 Å². The first-order valence-electron chi connectivity index (χ1n) is 7.94. The highest BCUT2D eigenvalue weighted by molar-refractivity contribution is 5.93. The fraction of sp³-hybridized carbons (Fsp3) is 0.211. The molecule has 0 saturated carbocycles. The van der Waals surface area contributed by atoms with Crippen molar-refractivity contribution >= 4 is 5.97 Å². The highest BCUT2D eigenvalue weighted by atomic mass is 16.6. The number of carbonyl (C=O) groups is 1.